The third-order valence-corrected chi connectivity index (χ3v) is 5.29. The van der Waals surface area contributed by atoms with Crippen LogP contribution < -0.4 is 10.2 Å². The molecule has 1 fully saturated rings. The van der Waals surface area contributed by atoms with E-state index in [2.05, 4.69) is 25.2 Å². The Kier molecular flexibility index (Phi) is 8.46. The molecule has 2 heterocycles. The Morgan fingerprint density at radius 2 is 1.94 bits per heavy atom. The quantitative estimate of drug-likeness (QED) is 0.522. The van der Waals surface area contributed by atoms with E-state index in [9.17, 15) is 4.79 Å². The fourth-order valence-corrected chi connectivity index (χ4v) is 3.69. The second-order valence-electron chi connectivity index (χ2n) is 7.39. The van der Waals surface area contributed by atoms with Gasteiger partial charge in [0.15, 0.2) is 5.96 Å². The number of hydrogen-bond donors (Lipinski definition) is 1. The van der Waals surface area contributed by atoms with E-state index < -0.39 is 0 Å². The number of aliphatic imine (C=N–C) groups is 1. The molecule has 9 heteroatoms. The van der Waals surface area contributed by atoms with E-state index in [0.717, 1.165) is 42.1 Å². The topological polar surface area (TPSA) is 77.0 Å². The zero-order valence-electron chi connectivity index (χ0n) is 18.2. The van der Waals surface area contributed by atoms with Crippen molar-refractivity contribution in [1.82, 2.24) is 25.1 Å². The van der Waals surface area contributed by atoms with Gasteiger partial charge in [0.25, 0.3) is 0 Å². The minimum Gasteiger partial charge on any atom is -0.357 e. The van der Waals surface area contributed by atoms with Crippen molar-refractivity contribution in [3.63, 3.8) is 0 Å². The average molecular weight is 444 g/mol. The lowest BCUT2D eigenvalue weighted by atomic mass is 10.2. The van der Waals surface area contributed by atoms with E-state index in [1.165, 1.54) is 0 Å². The van der Waals surface area contributed by atoms with Crippen LogP contribution in [0.25, 0.3) is 0 Å². The molecule has 0 aliphatic carbocycles. The van der Waals surface area contributed by atoms with Crippen molar-refractivity contribution in [2.75, 3.05) is 51.2 Å². The van der Waals surface area contributed by atoms with E-state index in [-0.39, 0.29) is 5.91 Å². The Labute approximate surface area is 188 Å². The van der Waals surface area contributed by atoms with Gasteiger partial charge in [-0.2, -0.15) is 0 Å². The predicted octanol–water partition coefficient (Wildman–Crippen LogP) is 2.27. The fourth-order valence-electron chi connectivity index (χ4n) is 3.48. The number of amides is 1. The monoisotopic (exact) mass is 443 g/mol. The van der Waals surface area contributed by atoms with Crippen molar-refractivity contribution in [2.24, 2.45) is 4.99 Å². The Morgan fingerprint density at radius 3 is 2.61 bits per heavy atom. The summed E-state index contributed by atoms with van der Waals surface area (Å²) in [5, 5.41) is 4.01. The van der Waals surface area contributed by atoms with Gasteiger partial charge in [0.1, 0.15) is 0 Å². The first kappa shape index (κ1) is 22.8. The molecule has 1 saturated heterocycles. The molecule has 1 aliphatic rings. The second kappa shape index (κ2) is 11.5. The number of anilines is 1. The Balaban J connectivity index is 1.48. The maximum Gasteiger partial charge on any atom is 0.225 e. The van der Waals surface area contributed by atoms with E-state index >= 15 is 0 Å². The summed E-state index contributed by atoms with van der Waals surface area (Å²) < 4.78 is 0. The largest absolute Gasteiger partial charge is 0.357 e. The van der Waals surface area contributed by atoms with Gasteiger partial charge in [-0.05, 0) is 30.7 Å². The molecule has 0 spiro atoms. The van der Waals surface area contributed by atoms with Crippen molar-refractivity contribution in [3.8, 4) is 0 Å². The molecular formula is C22H30ClN7O. The minimum atomic E-state index is 0.130. The Hall–Kier alpha value is -2.87. The lowest BCUT2D eigenvalue weighted by Crippen LogP contribution is -2.49. The van der Waals surface area contributed by atoms with Crippen LogP contribution in [0.15, 0.2) is 47.7 Å². The summed E-state index contributed by atoms with van der Waals surface area (Å²) in [6, 6.07) is 9.60. The summed E-state index contributed by atoms with van der Waals surface area (Å²) in [7, 11) is 1.98. The number of rotatable bonds is 7. The Morgan fingerprint density at radius 1 is 1.19 bits per heavy atom. The number of hydrogen-bond acceptors (Lipinski definition) is 5. The molecule has 3 rings (SSSR count). The summed E-state index contributed by atoms with van der Waals surface area (Å²) in [5.74, 6) is 1.63. The first-order chi connectivity index (χ1) is 15.1. The molecule has 0 atom stereocenters. The highest BCUT2D eigenvalue weighted by molar-refractivity contribution is 6.30. The van der Waals surface area contributed by atoms with Crippen LogP contribution >= 0.6 is 11.6 Å². The van der Waals surface area contributed by atoms with Crippen molar-refractivity contribution in [3.05, 3.63) is 53.3 Å². The maximum absolute atomic E-state index is 12.6. The minimum absolute atomic E-state index is 0.130. The van der Waals surface area contributed by atoms with Crippen LogP contribution in [0.4, 0.5) is 5.95 Å². The molecule has 1 aliphatic heterocycles. The summed E-state index contributed by atoms with van der Waals surface area (Å²) in [6.45, 7) is 6.76. The summed E-state index contributed by atoms with van der Waals surface area (Å²) in [6.07, 6.45) is 3.87. The van der Waals surface area contributed by atoms with E-state index in [1.807, 2.05) is 48.0 Å². The van der Waals surface area contributed by atoms with Gasteiger partial charge in [-0.15, -0.1) is 0 Å². The number of piperazine rings is 1. The van der Waals surface area contributed by atoms with E-state index in [1.54, 1.807) is 18.5 Å². The number of carbonyl (C=O) groups is 1. The Bertz CT molecular complexity index is 869. The zero-order valence-corrected chi connectivity index (χ0v) is 18.9. The molecule has 2 aromatic rings. The van der Waals surface area contributed by atoms with Crippen molar-refractivity contribution < 1.29 is 4.79 Å². The molecule has 1 aromatic heterocycles. The van der Waals surface area contributed by atoms with Crippen LogP contribution in [0.5, 0.6) is 0 Å². The molecular weight excluding hydrogens is 414 g/mol. The second-order valence-corrected chi connectivity index (χ2v) is 7.82. The highest BCUT2D eigenvalue weighted by Crippen LogP contribution is 2.13. The van der Waals surface area contributed by atoms with Gasteiger partial charge in [-0.1, -0.05) is 23.7 Å². The van der Waals surface area contributed by atoms with Crippen molar-refractivity contribution >= 4 is 29.4 Å². The van der Waals surface area contributed by atoms with Gasteiger partial charge in [0, 0.05) is 70.2 Å². The van der Waals surface area contributed by atoms with Crippen LogP contribution in [0.3, 0.4) is 0 Å². The van der Waals surface area contributed by atoms with Crippen molar-refractivity contribution in [1.29, 1.82) is 0 Å². The molecule has 0 saturated carbocycles. The van der Waals surface area contributed by atoms with Gasteiger partial charge in [-0.3, -0.25) is 9.79 Å². The van der Waals surface area contributed by atoms with Gasteiger partial charge in [-0.25, -0.2) is 9.97 Å². The standard InChI is InChI=1S/C22H30ClN7O/c1-3-24-21(28(2)17-18-6-4-7-19(23)16-18)27-11-8-20(31)29-12-14-30(15-13-29)22-25-9-5-10-26-22/h4-7,9-10,16H,3,8,11-15,17H2,1-2H3,(H,24,27). The third-order valence-electron chi connectivity index (χ3n) is 5.06. The summed E-state index contributed by atoms with van der Waals surface area (Å²) in [5.41, 5.74) is 1.11. The third kappa shape index (κ3) is 6.82. The first-order valence-electron chi connectivity index (χ1n) is 10.6. The van der Waals surface area contributed by atoms with Crippen LogP contribution in [0.1, 0.15) is 18.9 Å². The van der Waals surface area contributed by atoms with Gasteiger partial charge in [0.2, 0.25) is 11.9 Å². The molecule has 1 amide bonds. The highest BCUT2D eigenvalue weighted by atomic mass is 35.5. The number of aromatic nitrogens is 2. The van der Waals surface area contributed by atoms with E-state index in [0.29, 0.717) is 32.6 Å². The highest BCUT2D eigenvalue weighted by Gasteiger charge is 2.22. The van der Waals surface area contributed by atoms with Crippen LogP contribution in [0, 0.1) is 0 Å². The maximum atomic E-state index is 12.6. The van der Waals surface area contributed by atoms with Crippen LogP contribution in [-0.2, 0) is 11.3 Å². The van der Waals surface area contributed by atoms with Gasteiger partial charge >= 0.3 is 0 Å². The molecule has 1 N–H and O–H groups in total. The number of carbonyl (C=O) groups excluding carboxylic acids is 1. The SMILES string of the molecule is CCNC(=NCCC(=O)N1CCN(c2ncccn2)CC1)N(C)Cc1cccc(Cl)c1. The predicted molar refractivity (Wildman–Crippen MR) is 124 cm³/mol. The fraction of sp³-hybridized carbons (Fsp3) is 0.455. The number of nitrogens with zero attached hydrogens (tertiary/aromatic N) is 6. The number of benzene rings is 1. The number of nitrogens with one attached hydrogen (secondary N) is 1. The molecule has 0 bridgehead atoms. The molecule has 166 valence electrons. The molecule has 31 heavy (non-hydrogen) atoms. The van der Waals surface area contributed by atoms with Crippen molar-refractivity contribution in [2.45, 2.75) is 19.9 Å². The summed E-state index contributed by atoms with van der Waals surface area (Å²) in [4.78, 5) is 31.9. The van der Waals surface area contributed by atoms with E-state index in [4.69, 9.17) is 11.6 Å². The number of guanidine groups is 1. The van der Waals surface area contributed by atoms with Gasteiger partial charge < -0.3 is 20.0 Å². The first-order valence-corrected chi connectivity index (χ1v) is 11.0. The zero-order chi connectivity index (χ0) is 22.1. The molecule has 1 aromatic carbocycles. The van der Waals surface area contributed by atoms with Crippen LogP contribution in [-0.4, -0.2) is 78.0 Å². The van der Waals surface area contributed by atoms with Gasteiger partial charge in [0.05, 0.1) is 6.54 Å². The summed E-state index contributed by atoms with van der Waals surface area (Å²) >= 11 is 6.09. The normalized spacial score (nSPS) is 14.5. The number of halogens is 1. The smallest absolute Gasteiger partial charge is 0.225 e. The molecule has 8 nitrogen and oxygen atoms in total. The lowest BCUT2D eigenvalue weighted by Gasteiger charge is -2.34. The lowest BCUT2D eigenvalue weighted by molar-refractivity contribution is -0.131. The molecule has 0 radical (unpaired) electrons. The average Bonchev–Trinajstić information content (AvgIpc) is 2.79. The molecule has 0 unspecified atom stereocenters. The van der Waals surface area contributed by atoms with Crippen LogP contribution in [0.2, 0.25) is 5.02 Å².